The molecule has 2 aromatic carbocycles. The smallest absolute Gasteiger partial charge is 0.140 e. The van der Waals surface area contributed by atoms with Gasteiger partial charge in [-0.3, -0.25) is 0 Å². The predicted molar refractivity (Wildman–Crippen MR) is 161 cm³/mol. The number of nitrogens with zero attached hydrogens (tertiary/aromatic N) is 3. The maximum atomic E-state index is 6.44. The van der Waals surface area contributed by atoms with Crippen LogP contribution in [-0.4, -0.2) is 22.8 Å². The molecule has 1 N–H and O–H groups in total. The van der Waals surface area contributed by atoms with Crippen LogP contribution in [0.15, 0.2) is 72.9 Å². The summed E-state index contributed by atoms with van der Waals surface area (Å²) in [6.45, 7) is 22.7. The molecule has 3 aromatic rings. The minimum absolute atomic E-state index is 0.530. The number of nitrogens with one attached hydrogen (secondary N) is 1. The van der Waals surface area contributed by atoms with Gasteiger partial charge in [-0.15, -0.1) is 0 Å². The molecule has 0 amide bonds. The Bertz CT molecular complexity index is 1170. The van der Waals surface area contributed by atoms with Gasteiger partial charge in [-0.05, 0) is 36.2 Å². The molecule has 5 heteroatoms. The predicted octanol–water partition coefficient (Wildman–Crippen LogP) is 9.37. The SMILES string of the molecule is C=Cc1cc(C)cnc1NCc1cc(Cl)cc2c1N=C(c1ccccc1)N(C)C2=C.CC.CC.CC. The van der Waals surface area contributed by atoms with Gasteiger partial charge in [-0.25, -0.2) is 9.98 Å². The zero-order valence-corrected chi connectivity index (χ0v) is 23.9. The Hall–Kier alpha value is -3.37. The van der Waals surface area contributed by atoms with Crippen molar-refractivity contribution < 1.29 is 0 Å². The number of amidine groups is 1. The first kappa shape index (κ1) is 30.7. The van der Waals surface area contributed by atoms with Crippen LogP contribution in [0.5, 0.6) is 0 Å². The topological polar surface area (TPSA) is 40.5 Å². The summed E-state index contributed by atoms with van der Waals surface area (Å²) in [5, 5.41) is 4.06. The molecule has 0 bridgehead atoms. The lowest BCUT2D eigenvalue weighted by Crippen LogP contribution is -2.28. The van der Waals surface area contributed by atoms with Crippen LogP contribution in [0, 0.1) is 6.92 Å². The largest absolute Gasteiger partial charge is 0.365 e. The number of aliphatic imine (C=N–C) groups is 1. The van der Waals surface area contributed by atoms with Crippen molar-refractivity contribution in [1.29, 1.82) is 0 Å². The van der Waals surface area contributed by atoms with Gasteiger partial charge in [0.05, 0.1) is 5.69 Å². The van der Waals surface area contributed by atoms with Gasteiger partial charge in [-0.1, -0.05) is 103 Å². The highest BCUT2D eigenvalue weighted by Gasteiger charge is 2.24. The summed E-state index contributed by atoms with van der Waals surface area (Å²) in [4.78, 5) is 11.5. The Labute approximate surface area is 223 Å². The van der Waals surface area contributed by atoms with Crippen molar-refractivity contribution >= 4 is 40.7 Å². The van der Waals surface area contributed by atoms with E-state index in [2.05, 4.69) is 29.5 Å². The Morgan fingerprint density at radius 2 is 1.64 bits per heavy atom. The van der Waals surface area contributed by atoms with Crippen LogP contribution in [-0.2, 0) is 6.54 Å². The summed E-state index contributed by atoms with van der Waals surface area (Å²) in [5.74, 6) is 1.64. The molecule has 192 valence electrons. The molecule has 0 atom stereocenters. The second-order valence-electron chi connectivity index (χ2n) is 7.28. The van der Waals surface area contributed by atoms with E-state index in [0.717, 1.165) is 50.9 Å². The number of hydrogen-bond acceptors (Lipinski definition) is 4. The number of hydrogen-bond donors (Lipinski definition) is 1. The Morgan fingerprint density at radius 3 is 2.25 bits per heavy atom. The second kappa shape index (κ2) is 15.6. The van der Waals surface area contributed by atoms with Crippen LogP contribution in [0.4, 0.5) is 11.5 Å². The number of aryl methyl sites for hydroxylation is 1. The molecule has 0 saturated carbocycles. The minimum atomic E-state index is 0.530. The molecule has 1 aliphatic heterocycles. The zero-order chi connectivity index (χ0) is 27.3. The molecular formula is C31H41ClN4. The normalized spacial score (nSPS) is 11.3. The molecule has 0 radical (unpaired) electrons. The molecule has 0 unspecified atom stereocenters. The Balaban J connectivity index is 0.00000101. The monoisotopic (exact) mass is 504 g/mol. The van der Waals surface area contributed by atoms with E-state index < -0.39 is 0 Å². The fourth-order valence-corrected chi connectivity index (χ4v) is 3.79. The number of anilines is 1. The van der Waals surface area contributed by atoms with Gasteiger partial charge in [0.2, 0.25) is 0 Å². The number of rotatable bonds is 5. The van der Waals surface area contributed by atoms with Crippen molar-refractivity contribution in [3.8, 4) is 0 Å². The fraction of sp³-hybridized carbons (Fsp3) is 0.290. The molecule has 2 heterocycles. The highest BCUT2D eigenvalue weighted by Crippen LogP contribution is 2.39. The van der Waals surface area contributed by atoms with E-state index in [1.807, 2.05) is 109 Å². The molecule has 36 heavy (non-hydrogen) atoms. The lowest BCUT2D eigenvalue weighted by Gasteiger charge is -2.30. The number of aromatic nitrogens is 1. The van der Waals surface area contributed by atoms with Crippen molar-refractivity contribution in [2.24, 2.45) is 4.99 Å². The summed E-state index contributed by atoms with van der Waals surface area (Å²) in [6, 6.07) is 16.0. The molecule has 1 aliphatic rings. The van der Waals surface area contributed by atoms with E-state index in [9.17, 15) is 0 Å². The van der Waals surface area contributed by atoms with Gasteiger partial charge < -0.3 is 10.2 Å². The maximum Gasteiger partial charge on any atom is 0.140 e. The Morgan fingerprint density at radius 1 is 1.00 bits per heavy atom. The summed E-state index contributed by atoms with van der Waals surface area (Å²) in [5.41, 5.74) is 6.74. The number of fused-ring (bicyclic) bond motifs is 1. The van der Waals surface area contributed by atoms with Gasteiger partial charge in [0, 0.05) is 47.2 Å². The van der Waals surface area contributed by atoms with Crippen LogP contribution in [0.25, 0.3) is 11.8 Å². The Kier molecular flexibility index (Phi) is 13.3. The van der Waals surface area contributed by atoms with Crippen LogP contribution >= 0.6 is 11.6 Å². The third-order valence-electron chi connectivity index (χ3n) is 5.16. The van der Waals surface area contributed by atoms with E-state index >= 15 is 0 Å². The van der Waals surface area contributed by atoms with Crippen LogP contribution in [0.2, 0.25) is 5.02 Å². The minimum Gasteiger partial charge on any atom is -0.365 e. The lowest BCUT2D eigenvalue weighted by atomic mass is 10.0. The third kappa shape index (κ3) is 7.32. The van der Waals surface area contributed by atoms with Gasteiger partial charge in [0.1, 0.15) is 11.7 Å². The first-order valence-electron chi connectivity index (χ1n) is 12.7. The zero-order valence-electron chi connectivity index (χ0n) is 23.1. The third-order valence-corrected chi connectivity index (χ3v) is 5.38. The van der Waals surface area contributed by atoms with E-state index in [4.69, 9.17) is 16.6 Å². The van der Waals surface area contributed by atoms with E-state index in [1.165, 1.54) is 0 Å². The van der Waals surface area contributed by atoms with E-state index in [0.29, 0.717) is 11.6 Å². The van der Waals surface area contributed by atoms with E-state index in [1.54, 1.807) is 6.08 Å². The summed E-state index contributed by atoms with van der Waals surface area (Å²) < 4.78 is 0. The molecule has 0 aliphatic carbocycles. The fourth-order valence-electron chi connectivity index (χ4n) is 3.55. The van der Waals surface area contributed by atoms with E-state index in [-0.39, 0.29) is 0 Å². The average molecular weight is 505 g/mol. The summed E-state index contributed by atoms with van der Waals surface area (Å²) >= 11 is 6.44. The standard InChI is InChI=1S/C25H23ClN4.3C2H6/c1-5-18-11-16(2)14-27-24(18)28-15-20-12-21(26)13-22-17(3)30(4)25(29-23(20)22)19-9-7-6-8-10-19;3*1-2/h5-14H,1,3,15H2,2,4H3,(H,27,28);3*1-2H3. The van der Waals surface area contributed by atoms with Crippen LogP contribution < -0.4 is 5.32 Å². The number of pyridine rings is 1. The highest BCUT2D eigenvalue weighted by atomic mass is 35.5. The van der Waals surface area contributed by atoms with Crippen molar-refractivity contribution in [1.82, 2.24) is 9.88 Å². The molecular weight excluding hydrogens is 464 g/mol. The molecule has 4 rings (SSSR count). The molecule has 4 nitrogen and oxygen atoms in total. The quantitative estimate of drug-likeness (QED) is 0.376. The molecule has 1 aromatic heterocycles. The van der Waals surface area contributed by atoms with Crippen molar-refractivity contribution in [2.75, 3.05) is 12.4 Å². The first-order valence-corrected chi connectivity index (χ1v) is 13.1. The summed E-state index contributed by atoms with van der Waals surface area (Å²) in [6.07, 6.45) is 3.64. The second-order valence-corrected chi connectivity index (χ2v) is 7.71. The van der Waals surface area contributed by atoms with Crippen molar-refractivity contribution in [3.63, 3.8) is 0 Å². The van der Waals surface area contributed by atoms with Crippen molar-refractivity contribution in [3.05, 3.63) is 101 Å². The number of benzene rings is 2. The first-order chi connectivity index (χ1) is 17.5. The van der Waals surface area contributed by atoms with Crippen LogP contribution in [0.1, 0.15) is 69.4 Å². The lowest BCUT2D eigenvalue weighted by molar-refractivity contribution is 0.712. The number of halogens is 1. The van der Waals surface area contributed by atoms with Gasteiger partial charge in [-0.2, -0.15) is 0 Å². The van der Waals surface area contributed by atoms with Gasteiger partial charge >= 0.3 is 0 Å². The average Bonchev–Trinajstić information content (AvgIpc) is 2.93. The maximum absolute atomic E-state index is 6.44. The molecule has 0 saturated heterocycles. The molecule has 0 spiro atoms. The summed E-state index contributed by atoms with van der Waals surface area (Å²) in [7, 11) is 1.97. The highest BCUT2D eigenvalue weighted by molar-refractivity contribution is 6.31. The van der Waals surface area contributed by atoms with Gasteiger partial charge in [0.25, 0.3) is 0 Å². The van der Waals surface area contributed by atoms with Gasteiger partial charge in [0.15, 0.2) is 0 Å². The van der Waals surface area contributed by atoms with Crippen molar-refractivity contribution in [2.45, 2.75) is 55.0 Å². The molecule has 0 fully saturated rings. The van der Waals surface area contributed by atoms with Crippen LogP contribution in [0.3, 0.4) is 0 Å².